The maximum atomic E-state index is 9.76. The standard InChI is InChI=1S/C25H26N6O2S/c1-13(32)22-29-17-5-4-14(8-18(17)30-22)6-7-26-23-21-20(27-12-28-23)16-9-15-11-33-25(2,3)10-19(15)31-24(16)34-21/h4-5,8-9,12-13,32H,6-7,10-11H2,1-3H3,(H,29,30)(H,26,27,28). The summed E-state index contributed by atoms with van der Waals surface area (Å²) < 4.78 is 7.01. The Balaban J connectivity index is 1.25. The molecule has 1 unspecified atom stereocenters. The Labute approximate surface area is 200 Å². The minimum atomic E-state index is -0.613. The van der Waals surface area contributed by atoms with Crippen molar-refractivity contribution in [3.05, 3.63) is 53.2 Å². The summed E-state index contributed by atoms with van der Waals surface area (Å²) in [4.78, 5) is 22.7. The average molecular weight is 475 g/mol. The number of aromatic nitrogens is 5. The Morgan fingerprint density at radius 2 is 2.12 bits per heavy atom. The summed E-state index contributed by atoms with van der Waals surface area (Å²) in [6.07, 6.45) is 2.63. The summed E-state index contributed by atoms with van der Waals surface area (Å²) in [5.74, 6) is 1.42. The number of nitrogens with zero attached hydrogens (tertiary/aromatic N) is 4. The molecule has 3 N–H and O–H groups in total. The third-order valence-corrected chi connectivity index (χ3v) is 7.39. The fraction of sp³-hybridized carbons (Fsp3) is 0.360. The Morgan fingerprint density at radius 1 is 1.24 bits per heavy atom. The fourth-order valence-electron chi connectivity index (χ4n) is 4.46. The number of rotatable bonds is 5. The number of imidazole rings is 1. The third-order valence-electron chi connectivity index (χ3n) is 6.29. The summed E-state index contributed by atoms with van der Waals surface area (Å²) in [5, 5.41) is 14.3. The highest BCUT2D eigenvalue weighted by molar-refractivity contribution is 7.25. The molecule has 0 aliphatic carbocycles. The van der Waals surface area contributed by atoms with Gasteiger partial charge in [-0.15, -0.1) is 11.3 Å². The van der Waals surface area contributed by atoms with Crippen LogP contribution < -0.4 is 5.32 Å². The van der Waals surface area contributed by atoms with Crippen LogP contribution in [-0.2, 0) is 24.2 Å². The molecule has 0 bridgehead atoms. The molecular weight excluding hydrogens is 448 g/mol. The molecule has 174 valence electrons. The van der Waals surface area contributed by atoms with E-state index in [1.165, 1.54) is 5.56 Å². The lowest BCUT2D eigenvalue weighted by Gasteiger charge is -2.30. The van der Waals surface area contributed by atoms with E-state index in [4.69, 9.17) is 9.72 Å². The number of nitrogens with one attached hydrogen (secondary N) is 2. The summed E-state index contributed by atoms with van der Waals surface area (Å²) in [7, 11) is 0. The van der Waals surface area contributed by atoms with Gasteiger partial charge in [-0.1, -0.05) is 6.07 Å². The number of ether oxygens (including phenoxy) is 1. The van der Waals surface area contributed by atoms with Crippen molar-refractivity contribution in [2.45, 2.75) is 51.9 Å². The van der Waals surface area contributed by atoms with Crippen molar-refractivity contribution >= 4 is 48.6 Å². The zero-order chi connectivity index (χ0) is 23.4. The molecule has 1 atom stereocenters. The molecule has 0 radical (unpaired) electrons. The number of fused-ring (bicyclic) bond motifs is 5. The Morgan fingerprint density at radius 3 is 2.97 bits per heavy atom. The molecule has 0 spiro atoms. The van der Waals surface area contributed by atoms with E-state index in [-0.39, 0.29) is 5.60 Å². The van der Waals surface area contributed by atoms with Gasteiger partial charge in [0.1, 0.15) is 28.9 Å². The van der Waals surface area contributed by atoms with E-state index >= 15 is 0 Å². The molecule has 1 aliphatic heterocycles. The van der Waals surface area contributed by atoms with Crippen molar-refractivity contribution in [2.24, 2.45) is 0 Å². The van der Waals surface area contributed by atoms with Crippen molar-refractivity contribution in [2.75, 3.05) is 11.9 Å². The van der Waals surface area contributed by atoms with E-state index < -0.39 is 6.10 Å². The topological polar surface area (TPSA) is 109 Å². The predicted octanol–water partition coefficient (Wildman–Crippen LogP) is 4.68. The van der Waals surface area contributed by atoms with Crippen LogP contribution in [0.2, 0.25) is 0 Å². The number of H-pyrrole nitrogens is 1. The smallest absolute Gasteiger partial charge is 0.147 e. The first-order valence-corrected chi connectivity index (χ1v) is 12.3. The van der Waals surface area contributed by atoms with Crippen molar-refractivity contribution in [1.82, 2.24) is 24.9 Å². The first kappa shape index (κ1) is 21.4. The van der Waals surface area contributed by atoms with Crippen LogP contribution >= 0.6 is 11.3 Å². The van der Waals surface area contributed by atoms with Crippen molar-refractivity contribution in [3.63, 3.8) is 0 Å². The molecule has 1 aliphatic rings. The molecule has 5 heterocycles. The number of thiophene rings is 1. The maximum Gasteiger partial charge on any atom is 0.147 e. The molecule has 0 fully saturated rings. The monoisotopic (exact) mass is 474 g/mol. The fourth-order valence-corrected chi connectivity index (χ4v) is 5.56. The van der Waals surface area contributed by atoms with Crippen LogP contribution in [0.4, 0.5) is 5.82 Å². The first-order chi connectivity index (χ1) is 16.4. The van der Waals surface area contributed by atoms with Crippen LogP contribution in [0, 0.1) is 0 Å². The lowest BCUT2D eigenvalue weighted by Crippen LogP contribution is -2.32. The number of aromatic amines is 1. The number of hydrogen-bond donors (Lipinski definition) is 3. The average Bonchev–Trinajstić information content (AvgIpc) is 3.38. The van der Waals surface area contributed by atoms with Gasteiger partial charge in [-0.05, 0) is 51.0 Å². The second-order valence-corrected chi connectivity index (χ2v) is 10.5. The summed E-state index contributed by atoms with van der Waals surface area (Å²) in [6, 6.07) is 8.34. The molecule has 0 saturated heterocycles. The quantitative estimate of drug-likeness (QED) is 0.339. The van der Waals surface area contributed by atoms with E-state index in [0.717, 1.165) is 67.9 Å². The molecule has 1 aromatic carbocycles. The van der Waals surface area contributed by atoms with Crippen LogP contribution in [0.5, 0.6) is 0 Å². The number of anilines is 1. The van der Waals surface area contributed by atoms with Crippen LogP contribution in [-0.4, -0.2) is 42.2 Å². The van der Waals surface area contributed by atoms with Gasteiger partial charge < -0.3 is 20.1 Å². The minimum Gasteiger partial charge on any atom is -0.385 e. The summed E-state index contributed by atoms with van der Waals surface area (Å²) in [6.45, 7) is 7.23. The van der Waals surface area contributed by atoms with E-state index in [1.807, 2.05) is 6.07 Å². The number of hydrogen-bond acceptors (Lipinski definition) is 8. The maximum absolute atomic E-state index is 9.76. The zero-order valence-electron chi connectivity index (χ0n) is 19.3. The van der Waals surface area contributed by atoms with E-state index in [2.05, 4.69) is 57.3 Å². The molecule has 8 nitrogen and oxygen atoms in total. The normalized spacial score (nSPS) is 16.2. The van der Waals surface area contributed by atoms with E-state index in [1.54, 1.807) is 24.6 Å². The van der Waals surface area contributed by atoms with Gasteiger partial charge in [0.15, 0.2) is 0 Å². The predicted molar refractivity (Wildman–Crippen MR) is 134 cm³/mol. The van der Waals surface area contributed by atoms with E-state index in [9.17, 15) is 5.11 Å². The van der Waals surface area contributed by atoms with Gasteiger partial charge in [0.25, 0.3) is 0 Å². The lowest BCUT2D eigenvalue weighted by atomic mass is 9.95. The number of aliphatic hydroxyl groups excluding tert-OH is 1. The minimum absolute atomic E-state index is 0.187. The zero-order valence-corrected chi connectivity index (χ0v) is 20.2. The third kappa shape index (κ3) is 3.79. The van der Waals surface area contributed by atoms with Gasteiger partial charge in [-0.25, -0.2) is 19.9 Å². The SMILES string of the molecule is CC(O)c1nc2cc(CCNc3ncnc4c3sc3nc5c(cc34)COC(C)(C)C5)ccc2[nH]1. The molecule has 0 amide bonds. The van der Waals surface area contributed by atoms with Crippen LogP contribution in [0.25, 0.3) is 31.5 Å². The highest BCUT2D eigenvalue weighted by Gasteiger charge is 2.28. The summed E-state index contributed by atoms with van der Waals surface area (Å²) >= 11 is 1.64. The molecule has 9 heteroatoms. The second-order valence-electron chi connectivity index (χ2n) is 9.50. The van der Waals surface area contributed by atoms with Crippen molar-refractivity contribution < 1.29 is 9.84 Å². The highest BCUT2D eigenvalue weighted by atomic mass is 32.1. The van der Waals surface area contributed by atoms with Crippen molar-refractivity contribution in [1.29, 1.82) is 0 Å². The van der Waals surface area contributed by atoms with Crippen molar-refractivity contribution in [3.8, 4) is 0 Å². The lowest BCUT2D eigenvalue weighted by molar-refractivity contribution is -0.0411. The van der Waals surface area contributed by atoms with Crippen LogP contribution in [0.15, 0.2) is 30.6 Å². The van der Waals surface area contributed by atoms with Gasteiger partial charge >= 0.3 is 0 Å². The van der Waals surface area contributed by atoms with E-state index in [0.29, 0.717) is 12.4 Å². The Hall–Kier alpha value is -3.14. The molecule has 4 aromatic heterocycles. The number of aliphatic hydroxyl groups is 1. The molecule has 5 aromatic rings. The van der Waals surface area contributed by atoms with Gasteiger partial charge in [-0.3, -0.25) is 0 Å². The van der Waals surface area contributed by atoms with Gasteiger partial charge in [0.2, 0.25) is 0 Å². The molecule has 34 heavy (non-hydrogen) atoms. The van der Waals surface area contributed by atoms with Crippen LogP contribution in [0.1, 0.15) is 49.5 Å². The Kier molecular flexibility index (Phi) is 5.02. The first-order valence-electron chi connectivity index (χ1n) is 11.5. The van der Waals surface area contributed by atoms with Crippen LogP contribution in [0.3, 0.4) is 0 Å². The highest BCUT2D eigenvalue weighted by Crippen LogP contribution is 2.38. The second kappa shape index (κ2) is 7.97. The molecule has 6 rings (SSSR count). The number of benzene rings is 1. The van der Waals surface area contributed by atoms with Gasteiger partial charge in [0.05, 0.1) is 39.2 Å². The summed E-state index contributed by atoms with van der Waals surface area (Å²) in [5.41, 5.74) is 5.97. The van der Waals surface area contributed by atoms with Gasteiger partial charge in [0, 0.05) is 23.9 Å². The number of pyridine rings is 1. The largest absolute Gasteiger partial charge is 0.385 e. The van der Waals surface area contributed by atoms with Gasteiger partial charge in [-0.2, -0.15) is 0 Å². The molecular formula is C25H26N6O2S. The molecule has 0 saturated carbocycles. The Bertz CT molecular complexity index is 1540.